The first-order valence-electron chi connectivity index (χ1n) is 11.0. The highest BCUT2D eigenvalue weighted by Gasteiger charge is 2.25. The van der Waals surface area contributed by atoms with Gasteiger partial charge in [-0.2, -0.15) is 8.42 Å². The van der Waals surface area contributed by atoms with Crippen molar-refractivity contribution in [2.24, 2.45) is 4.40 Å². The van der Waals surface area contributed by atoms with Crippen LogP contribution in [0.1, 0.15) is 15.2 Å². The number of carbonyl (C=O) groups is 2. The van der Waals surface area contributed by atoms with Gasteiger partial charge in [0.25, 0.3) is 15.9 Å². The molecule has 3 aromatic rings. The maximum Gasteiger partial charge on any atom is 0.411 e. The molecule has 2 amide bonds. The molecule has 1 aromatic heterocycles. The number of carbonyl (C=O) groups excluding carboxylic acids is 1. The fourth-order valence-corrected chi connectivity index (χ4v) is 5.69. The SMILES string of the molecule is CON(C)C(=O)c1sc(-c2ccc(N(C)C(=O)O)cc2)c(C)c1-c1ccc(S(=O)(=O)/N=C/N(C)C)cc1. The predicted octanol–water partition coefficient (Wildman–Crippen LogP) is 4.42. The molecule has 12 heteroatoms. The molecule has 0 aliphatic rings. The average Bonchev–Trinajstić information content (AvgIpc) is 3.23. The molecule has 10 nitrogen and oxygen atoms in total. The number of anilines is 1. The lowest BCUT2D eigenvalue weighted by molar-refractivity contribution is -0.0753. The van der Waals surface area contributed by atoms with E-state index in [2.05, 4.69) is 4.40 Å². The number of hydroxylamine groups is 2. The van der Waals surface area contributed by atoms with Crippen LogP contribution in [0.3, 0.4) is 0 Å². The molecule has 0 saturated heterocycles. The Morgan fingerprint density at radius 2 is 1.54 bits per heavy atom. The third-order valence-corrected chi connectivity index (χ3v) is 8.13. The van der Waals surface area contributed by atoms with Gasteiger partial charge in [0.05, 0.1) is 12.0 Å². The van der Waals surface area contributed by atoms with Crippen LogP contribution in [0, 0.1) is 6.92 Å². The molecule has 0 bridgehead atoms. The number of hydrogen-bond donors (Lipinski definition) is 1. The standard InChI is InChI=1S/C25H28N4O6S2/c1-16-21(17-9-13-20(14-10-17)37(33,34)26-15-27(2)3)23(24(30)29(5)35-6)36-22(16)18-7-11-19(12-8-18)28(4)25(31)32/h7-15H,1-6H3,(H,31,32)/b26-15+. The van der Waals surface area contributed by atoms with Crippen LogP contribution in [0.5, 0.6) is 0 Å². The van der Waals surface area contributed by atoms with Crippen molar-refractivity contribution in [2.45, 2.75) is 11.8 Å². The summed E-state index contributed by atoms with van der Waals surface area (Å²) in [6.45, 7) is 1.88. The number of amides is 2. The van der Waals surface area contributed by atoms with E-state index in [-0.39, 0.29) is 10.8 Å². The monoisotopic (exact) mass is 544 g/mol. The fourth-order valence-electron chi connectivity index (χ4n) is 3.47. The van der Waals surface area contributed by atoms with Gasteiger partial charge in [0, 0.05) is 44.3 Å². The molecule has 0 saturated carbocycles. The van der Waals surface area contributed by atoms with Crippen molar-refractivity contribution in [1.82, 2.24) is 9.96 Å². The normalized spacial score (nSPS) is 11.5. The first-order valence-corrected chi connectivity index (χ1v) is 13.2. The molecule has 196 valence electrons. The minimum atomic E-state index is -3.87. The second-order valence-corrected chi connectivity index (χ2v) is 11.0. The largest absolute Gasteiger partial charge is 0.465 e. The van der Waals surface area contributed by atoms with Gasteiger partial charge in [-0.25, -0.2) is 9.86 Å². The second kappa shape index (κ2) is 11.1. The predicted molar refractivity (Wildman–Crippen MR) is 145 cm³/mol. The molecular weight excluding hydrogens is 516 g/mol. The van der Waals surface area contributed by atoms with Gasteiger partial charge in [0.15, 0.2) is 0 Å². The Morgan fingerprint density at radius 1 is 0.973 bits per heavy atom. The summed E-state index contributed by atoms with van der Waals surface area (Å²) >= 11 is 1.28. The Morgan fingerprint density at radius 3 is 2.05 bits per heavy atom. The second-order valence-electron chi connectivity index (χ2n) is 8.32. The van der Waals surface area contributed by atoms with Crippen molar-refractivity contribution in [2.75, 3.05) is 40.2 Å². The summed E-state index contributed by atoms with van der Waals surface area (Å²) in [5.41, 5.74) is 3.45. The summed E-state index contributed by atoms with van der Waals surface area (Å²) in [6.07, 6.45) is 0.144. The number of nitrogens with zero attached hydrogens (tertiary/aromatic N) is 4. The van der Waals surface area contributed by atoms with Gasteiger partial charge in [0.1, 0.15) is 11.2 Å². The molecular formula is C25H28N4O6S2. The van der Waals surface area contributed by atoms with Gasteiger partial charge >= 0.3 is 6.09 Å². The molecule has 2 aromatic carbocycles. The van der Waals surface area contributed by atoms with Crippen molar-refractivity contribution in [3.05, 3.63) is 59.0 Å². The molecule has 0 aliphatic carbocycles. The van der Waals surface area contributed by atoms with Gasteiger partial charge in [0.2, 0.25) is 0 Å². The Kier molecular flexibility index (Phi) is 8.36. The zero-order valence-electron chi connectivity index (χ0n) is 21.3. The van der Waals surface area contributed by atoms with Crippen molar-refractivity contribution in [3.63, 3.8) is 0 Å². The minimum Gasteiger partial charge on any atom is -0.465 e. The van der Waals surface area contributed by atoms with E-state index in [1.807, 2.05) is 6.92 Å². The molecule has 0 fully saturated rings. The van der Waals surface area contributed by atoms with Crippen LogP contribution in [0.4, 0.5) is 10.5 Å². The number of benzene rings is 2. The van der Waals surface area contributed by atoms with Crippen molar-refractivity contribution < 1.29 is 28.0 Å². The van der Waals surface area contributed by atoms with Crippen LogP contribution in [-0.4, -0.2) is 77.1 Å². The van der Waals surface area contributed by atoms with Crippen molar-refractivity contribution >= 4 is 45.4 Å². The number of thiophene rings is 1. The quantitative estimate of drug-likeness (QED) is 0.253. The Balaban J connectivity index is 2.11. The topological polar surface area (TPSA) is 120 Å². The average molecular weight is 545 g/mol. The van der Waals surface area contributed by atoms with Gasteiger partial charge in [-0.3, -0.25) is 14.5 Å². The van der Waals surface area contributed by atoms with Gasteiger partial charge in [-0.15, -0.1) is 15.7 Å². The third kappa shape index (κ3) is 5.98. The molecule has 0 atom stereocenters. The summed E-state index contributed by atoms with van der Waals surface area (Å²) in [7, 11) is 3.83. The fraction of sp³-hybridized carbons (Fsp3) is 0.240. The van der Waals surface area contributed by atoms with Gasteiger partial charge < -0.3 is 10.0 Å². The molecule has 3 rings (SSSR count). The highest BCUT2D eigenvalue weighted by molar-refractivity contribution is 7.90. The first kappa shape index (κ1) is 27.8. The molecule has 1 heterocycles. The summed E-state index contributed by atoms with van der Waals surface area (Å²) in [5, 5.41) is 10.3. The number of hydrogen-bond acceptors (Lipinski definition) is 6. The summed E-state index contributed by atoms with van der Waals surface area (Å²) in [4.78, 5) is 33.5. The van der Waals surface area contributed by atoms with Gasteiger partial charge in [-0.1, -0.05) is 24.3 Å². The lowest BCUT2D eigenvalue weighted by Gasteiger charge is -2.14. The molecule has 0 radical (unpaired) electrons. The van der Waals surface area contributed by atoms with E-state index in [1.54, 1.807) is 50.5 Å². The zero-order valence-corrected chi connectivity index (χ0v) is 22.9. The Hall–Kier alpha value is -3.74. The molecule has 0 spiro atoms. The number of sulfonamides is 1. The Bertz CT molecular complexity index is 1430. The highest BCUT2D eigenvalue weighted by Crippen LogP contribution is 2.43. The van der Waals surface area contributed by atoms with E-state index in [0.717, 1.165) is 26.0 Å². The van der Waals surface area contributed by atoms with E-state index >= 15 is 0 Å². The van der Waals surface area contributed by atoms with Crippen molar-refractivity contribution in [1.29, 1.82) is 0 Å². The summed E-state index contributed by atoms with van der Waals surface area (Å²) in [5.74, 6) is -0.355. The first-order chi connectivity index (χ1) is 17.4. The van der Waals surface area contributed by atoms with E-state index in [4.69, 9.17) is 4.84 Å². The number of rotatable bonds is 8. The molecule has 0 unspecified atom stereocenters. The smallest absolute Gasteiger partial charge is 0.411 e. The maximum absolute atomic E-state index is 13.2. The Labute approximate surface area is 220 Å². The summed E-state index contributed by atoms with van der Waals surface area (Å²) < 4.78 is 28.7. The van der Waals surface area contributed by atoms with E-state index in [0.29, 0.717) is 21.7 Å². The minimum absolute atomic E-state index is 0.0301. The number of carboxylic acid groups (broad SMARTS) is 1. The molecule has 37 heavy (non-hydrogen) atoms. The van der Waals surface area contributed by atoms with Crippen molar-refractivity contribution in [3.8, 4) is 21.6 Å². The van der Waals surface area contributed by atoms with E-state index in [9.17, 15) is 23.1 Å². The third-order valence-electron chi connectivity index (χ3n) is 5.56. The molecule has 0 aliphatic heterocycles. The van der Waals surface area contributed by atoms with Crippen LogP contribution in [0.2, 0.25) is 0 Å². The van der Waals surface area contributed by atoms with Crippen LogP contribution in [0.25, 0.3) is 21.6 Å². The highest BCUT2D eigenvalue weighted by atomic mass is 32.2. The lowest BCUT2D eigenvalue weighted by Crippen LogP contribution is -2.25. The zero-order chi connectivity index (χ0) is 27.5. The lowest BCUT2D eigenvalue weighted by atomic mass is 9.98. The van der Waals surface area contributed by atoms with E-state index < -0.39 is 16.1 Å². The van der Waals surface area contributed by atoms with Crippen LogP contribution in [0.15, 0.2) is 57.8 Å². The molecule has 1 N–H and O–H groups in total. The summed E-state index contributed by atoms with van der Waals surface area (Å²) in [6, 6.07) is 13.2. The van der Waals surface area contributed by atoms with E-state index in [1.165, 1.54) is 55.9 Å². The van der Waals surface area contributed by atoms with Crippen LogP contribution in [-0.2, 0) is 14.9 Å². The van der Waals surface area contributed by atoms with Crippen LogP contribution >= 0.6 is 11.3 Å². The van der Waals surface area contributed by atoms with Crippen LogP contribution < -0.4 is 4.90 Å². The van der Waals surface area contributed by atoms with Gasteiger partial charge in [-0.05, 0) is 47.9 Å². The maximum atomic E-state index is 13.2.